The summed E-state index contributed by atoms with van der Waals surface area (Å²) in [5.74, 6) is 1.86. The topological polar surface area (TPSA) is 89.5 Å². The smallest absolute Gasteiger partial charge is 0.312 e. The number of carbonyl (C=O) groups is 2. The van der Waals surface area contributed by atoms with Crippen LogP contribution in [-0.2, 0) is 4.79 Å². The summed E-state index contributed by atoms with van der Waals surface area (Å²) in [7, 11) is 6.16. The second-order valence-electron chi connectivity index (χ2n) is 8.22. The van der Waals surface area contributed by atoms with Gasteiger partial charge in [0.15, 0.2) is 17.3 Å². The number of hydrogen-bond acceptors (Lipinski definition) is 8. The Labute approximate surface area is 207 Å². The lowest BCUT2D eigenvalue weighted by molar-refractivity contribution is -0.135. The van der Waals surface area contributed by atoms with Gasteiger partial charge in [-0.3, -0.25) is 9.59 Å². The first-order valence-corrected chi connectivity index (χ1v) is 11.2. The average molecular weight is 488 g/mol. The Morgan fingerprint density at radius 1 is 0.806 bits per heavy atom. The number of ether oxygens (including phenoxy) is 6. The number of para-hydroxylation sites is 1. The molecular weight excluding hydrogens is 464 g/mol. The summed E-state index contributed by atoms with van der Waals surface area (Å²) < 4.78 is 33.5. The molecule has 0 N–H and O–H groups in total. The van der Waals surface area contributed by atoms with Gasteiger partial charge >= 0.3 is 5.97 Å². The Balaban J connectivity index is 1.62. The van der Waals surface area contributed by atoms with Gasteiger partial charge in [-0.2, -0.15) is 0 Å². The number of benzene rings is 3. The highest BCUT2D eigenvalue weighted by Crippen LogP contribution is 2.50. The van der Waals surface area contributed by atoms with Gasteiger partial charge in [-0.25, -0.2) is 0 Å². The van der Waals surface area contributed by atoms with Gasteiger partial charge in [-0.05, 0) is 30.3 Å². The van der Waals surface area contributed by atoms with Gasteiger partial charge in [-0.1, -0.05) is 18.2 Å². The van der Waals surface area contributed by atoms with Crippen molar-refractivity contribution in [2.45, 2.75) is 12.3 Å². The van der Waals surface area contributed by atoms with Crippen molar-refractivity contribution in [3.05, 3.63) is 76.5 Å². The van der Waals surface area contributed by atoms with Crippen LogP contribution in [0.2, 0.25) is 0 Å². The number of rotatable bonds is 6. The van der Waals surface area contributed by atoms with Crippen molar-refractivity contribution >= 4 is 17.8 Å². The quantitative estimate of drug-likeness (QED) is 0.278. The summed E-state index contributed by atoms with van der Waals surface area (Å²) in [6, 6.07) is 14.1. The third-order valence-electron chi connectivity index (χ3n) is 6.32. The highest BCUT2D eigenvalue weighted by Gasteiger charge is 2.39. The largest absolute Gasteiger partial charge is 0.496 e. The Morgan fingerprint density at radius 3 is 2.22 bits per heavy atom. The molecule has 0 aliphatic carbocycles. The molecule has 8 nitrogen and oxygen atoms in total. The molecule has 0 saturated carbocycles. The first-order valence-electron chi connectivity index (χ1n) is 11.2. The number of Topliss-reactive ketones (excluding diaryl/α,β-unsaturated/α-hetero) is 1. The van der Waals surface area contributed by atoms with Crippen molar-refractivity contribution in [1.29, 1.82) is 0 Å². The minimum Gasteiger partial charge on any atom is -0.496 e. The summed E-state index contributed by atoms with van der Waals surface area (Å²) in [5, 5.41) is 0. The lowest BCUT2D eigenvalue weighted by Gasteiger charge is -2.27. The molecule has 184 valence electrons. The second kappa shape index (κ2) is 9.30. The van der Waals surface area contributed by atoms with Gasteiger partial charge in [0.25, 0.3) is 0 Å². The van der Waals surface area contributed by atoms with Crippen LogP contribution >= 0.6 is 0 Å². The second-order valence-corrected chi connectivity index (χ2v) is 8.22. The standard InChI is InChI=1S/C28H24O8/c1-31-19-8-6-5-7-16(19)18-13-25(29)35-20-10-9-17-27(30)24(36-28(17)26(18)20)12-15-11-22(33-3)23(34-4)14-21(15)32-2/h5-12,14,18H,13H2,1-4H3/b24-12-/t18-/m0/s1. The minimum atomic E-state index is -0.407. The zero-order valence-electron chi connectivity index (χ0n) is 20.2. The molecule has 2 heterocycles. The van der Waals surface area contributed by atoms with E-state index in [0.29, 0.717) is 51.2 Å². The van der Waals surface area contributed by atoms with Gasteiger partial charge in [0.1, 0.15) is 23.0 Å². The Kier molecular flexibility index (Phi) is 6.01. The molecule has 3 aromatic rings. The molecular formula is C28H24O8. The molecule has 2 aliphatic rings. The van der Waals surface area contributed by atoms with Gasteiger partial charge in [-0.15, -0.1) is 0 Å². The molecule has 1 atom stereocenters. The van der Waals surface area contributed by atoms with E-state index in [1.54, 1.807) is 37.5 Å². The van der Waals surface area contributed by atoms with E-state index in [1.807, 2.05) is 24.3 Å². The van der Waals surface area contributed by atoms with Crippen LogP contribution in [-0.4, -0.2) is 40.2 Å². The molecule has 8 heteroatoms. The van der Waals surface area contributed by atoms with Crippen LogP contribution < -0.4 is 28.4 Å². The summed E-state index contributed by atoms with van der Waals surface area (Å²) in [5.41, 5.74) is 2.40. The van der Waals surface area contributed by atoms with Crippen LogP contribution in [0, 0.1) is 0 Å². The summed E-state index contributed by atoms with van der Waals surface area (Å²) >= 11 is 0. The van der Waals surface area contributed by atoms with E-state index >= 15 is 0 Å². The third kappa shape index (κ3) is 3.80. The van der Waals surface area contributed by atoms with Gasteiger partial charge in [0.2, 0.25) is 5.78 Å². The Bertz CT molecular complexity index is 1400. The number of methoxy groups -OCH3 is 4. The molecule has 0 amide bonds. The highest BCUT2D eigenvalue weighted by molar-refractivity contribution is 6.15. The molecule has 0 spiro atoms. The van der Waals surface area contributed by atoms with Crippen molar-refractivity contribution in [3.63, 3.8) is 0 Å². The fraction of sp³-hybridized carbons (Fsp3) is 0.214. The fourth-order valence-corrected chi connectivity index (χ4v) is 4.63. The molecule has 2 aliphatic heterocycles. The number of hydrogen-bond donors (Lipinski definition) is 0. The molecule has 3 aromatic carbocycles. The molecule has 36 heavy (non-hydrogen) atoms. The average Bonchev–Trinajstić information content (AvgIpc) is 3.22. The predicted octanol–water partition coefficient (Wildman–Crippen LogP) is 4.78. The maximum absolute atomic E-state index is 13.4. The molecule has 5 rings (SSSR count). The van der Waals surface area contributed by atoms with Gasteiger partial charge < -0.3 is 28.4 Å². The lowest BCUT2D eigenvalue weighted by Crippen LogP contribution is -2.22. The summed E-state index contributed by atoms with van der Waals surface area (Å²) in [4.78, 5) is 25.8. The van der Waals surface area contributed by atoms with E-state index in [1.165, 1.54) is 21.3 Å². The van der Waals surface area contributed by atoms with Crippen molar-refractivity contribution < 1.29 is 38.0 Å². The third-order valence-corrected chi connectivity index (χ3v) is 6.32. The SMILES string of the molecule is COc1cc(OC)c(OC)cc1/C=C1\Oc2c(ccc3c2[C@H](c2ccccc2OC)CC(=O)O3)C1=O. The van der Waals surface area contributed by atoms with Crippen LogP contribution in [0.15, 0.2) is 54.3 Å². The molecule has 0 unspecified atom stereocenters. The number of carbonyl (C=O) groups excluding carboxylic acids is 2. The van der Waals surface area contributed by atoms with E-state index in [4.69, 9.17) is 28.4 Å². The summed E-state index contributed by atoms with van der Waals surface area (Å²) in [6.45, 7) is 0. The Hall–Kier alpha value is -4.46. The normalized spacial score (nSPS) is 17.1. The monoisotopic (exact) mass is 488 g/mol. The zero-order valence-corrected chi connectivity index (χ0v) is 20.2. The van der Waals surface area contributed by atoms with E-state index < -0.39 is 5.92 Å². The van der Waals surface area contributed by atoms with Crippen LogP contribution in [0.1, 0.15) is 39.4 Å². The van der Waals surface area contributed by atoms with Gasteiger partial charge in [0, 0.05) is 28.7 Å². The summed E-state index contributed by atoms with van der Waals surface area (Å²) in [6.07, 6.45) is 1.69. The number of allylic oxidation sites excluding steroid dienone is 1. The van der Waals surface area contributed by atoms with E-state index in [9.17, 15) is 9.59 Å². The Morgan fingerprint density at radius 2 is 1.50 bits per heavy atom. The molecule has 0 aromatic heterocycles. The molecule has 0 saturated heterocycles. The van der Waals surface area contributed by atoms with E-state index in [-0.39, 0.29) is 23.9 Å². The highest BCUT2D eigenvalue weighted by atomic mass is 16.5. The van der Waals surface area contributed by atoms with E-state index in [0.717, 1.165) is 5.56 Å². The maximum Gasteiger partial charge on any atom is 0.312 e. The molecule has 0 fully saturated rings. The predicted molar refractivity (Wildman–Crippen MR) is 131 cm³/mol. The van der Waals surface area contributed by atoms with Crippen molar-refractivity contribution in [2.24, 2.45) is 0 Å². The zero-order chi connectivity index (χ0) is 25.4. The van der Waals surface area contributed by atoms with Crippen molar-refractivity contribution in [2.75, 3.05) is 28.4 Å². The van der Waals surface area contributed by atoms with Crippen molar-refractivity contribution in [1.82, 2.24) is 0 Å². The minimum absolute atomic E-state index is 0.0872. The van der Waals surface area contributed by atoms with Crippen LogP contribution in [0.4, 0.5) is 0 Å². The van der Waals surface area contributed by atoms with Crippen LogP contribution in [0.3, 0.4) is 0 Å². The molecule has 0 radical (unpaired) electrons. The van der Waals surface area contributed by atoms with Crippen molar-refractivity contribution in [3.8, 4) is 34.5 Å². The van der Waals surface area contributed by atoms with E-state index in [2.05, 4.69) is 0 Å². The first kappa shape index (κ1) is 23.3. The first-order chi connectivity index (χ1) is 17.5. The number of fused-ring (bicyclic) bond motifs is 3. The fourth-order valence-electron chi connectivity index (χ4n) is 4.63. The maximum atomic E-state index is 13.4. The van der Waals surface area contributed by atoms with Gasteiger partial charge in [0.05, 0.1) is 40.4 Å². The number of esters is 1. The van der Waals surface area contributed by atoms with Crippen LogP contribution in [0.25, 0.3) is 6.08 Å². The van der Waals surface area contributed by atoms with Crippen LogP contribution in [0.5, 0.6) is 34.5 Å². The molecule has 0 bridgehead atoms. The lowest BCUT2D eigenvalue weighted by atomic mass is 9.84. The number of ketones is 1.